The predicted octanol–water partition coefficient (Wildman–Crippen LogP) is -0.388. The van der Waals surface area contributed by atoms with Gasteiger partial charge in [0.25, 0.3) is 0 Å². The van der Waals surface area contributed by atoms with Gasteiger partial charge in [-0.05, 0) is 39.4 Å². The number of rotatable bonds is 3. The molecule has 0 saturated carbocycles. The van der Waals surface area contributed by atoms with Gasteiger partial charge in [-0.15, -0.1) is 0 Å². The zero-order valence-corrected chi connectivity index (χ0v) is 10.9. The van der Waals surface area contributed by atoms with Gasteiger partial charge in [0.15, 0.2) is 0 Å². The Morgan fingerprint density at radius 3 is 2.94 bits per heavy atom. The lowest BCUT2D eigenvalue weighted by atomic mass is 10.1. The molecule has 6 heteroatoms. The first-order valence-electron chi connectivity index (χ1n) is 6.67. The van der Waals surface area contributed by atoms with Crippen molar-refractivity contribution < 1.29 is 9.59 Å². The molecule has 0 spiro atoms. The van der Waals surface area contributed by atoms with Crippen molar-refractivity contribution in [2.24, 2.45) is 0 Å². The Balaban J connectivity index is 1.83. The van der Waals surface area contributed by atoms with Gasteiger partial charge in [-0.1, -0.05) is 0 Å². The minimum Gasteiger partial charge on any atom is -0.336 e. The van der Waals surface area contributed by atoms with Gasteiger partial charge in [0.05, 0.1) is 6.54 Å². The molecule has 102 valence electrons. The summed E-state index contributed by atoms with van der Waals surface area (Å²) >= 11 is 0. The highest BCUT2D eigenvalue weighted by molar-refractivity contribution is 5.96. The molecule has 0 radical (unpaired) electrons. The second-order valence-electron chi connectivity index (χ2n) is 5.03. The number of hydrogen-bond donors (Lipinski definition) is 2. The van der Waals surface area contributed by atoms with Crippen molar-refractivity contribution in [2.75, 3.05) is 39.8 Å². The third kappa shape index (κ3) is 3.20. The molecular formula is C12H22N4O2. The van der Waals surface area contributed by atoms with Gasteiger partial charge in [-0.2, -0.15) is 0 Å². The lowest BCUT2D eigenvalue weighted by molar-refractivity contribution is -0.129. The summed E-state index contributed by atoms with van der Waals surface area (Å²) in [7, 11) is 1.97. The van der Waals surface area contributed by atoms with Crippen molar-refractivity contribution in [1.29, 1.82) is 0 Å². The Hall–Kier alpha value is -1.14. The molecule has 6 nitrogen and oxygen atoms in total. The number of carbonyl (C=O) groups is 2. The van der Waals surface area contributed by atoms with Crippen LogP contribution < -0.4 is 10.6 Å². The molecule has 2 aliphatic rings. The minimum atomic E-state index is -0.254. The third-order valence-electron chi connectivity index (χ3n) is 3.71. The molecule has 0 aromatic rings. The molecule has 0 bridgehead atoms. The van der Waals surface area contributed by atoms with Gasteiger partial charge in [-0.3, -0.25) is 14.6 Å². The fourth-order valence-corrected chi connectivity index (χ4v) is 2.58. The summed E-state index contributed by atoms with van der Waals surface area (Å²) in [6, 6.07) is 0.186. The van der Waals surface area contributed by atoms with Crippen LogP contribution in [0.3, 0.4) is 0 Å². The maximum atomic E-state index is 12.0. The summed E-state index contributed by atoms with van der Waals surface area (Å²) in [4.78, 5) is 26.8. The van der Waals surface area contributed by atoms with E-state index in [1.165, 1.54) is 4.90 Å². The number of imide groups is 1. The van der Waals surface area contributed by atoms with Gasteiger partial charge in [0, 0.05) is 19.1 Å². The molecule has 0 aromatic heterocycles. The van der Waals surface area contributed by atoms with Crippen LogP contribution in [0.2, 0.25) is 0 Å². The molecule has 0 aromatic carbocycles. The van der Waals surface area contributed by atoms with E-state index in [-0.39, 0.29) is 11.9 Å². The molecule has 2 rings (SSSR count). The van der Waals surface area contributed by atoms with E-state index in [0.29, 0.717) is 25.7 Å². The Morgan fingerprint density at radius 2 is 2.22 bits per heavy atom. The molecule has 2 fully saturated rings. The average molecular weight is 254 g/mol. The Bertz CT molecular complexity index is 313. The lowest BCUT2D eigenvalue weighted by Crippen LogP contribution is -2.44. The van der Waals surface area contributed by atoms with Gasteiger partial charge in [0.1, 0.15) is 0 Å². The monoisotopic (exact) mass is 254 g/mol. The van der Waals surface area contributed by atoms with E-state index in [4.69, 9.17) is 0 Å². The minimum absolute atomic E-state index is 0.0929. The fourth-order valence-electron chi connectivity index (χ4n) is 2.58. The summed E-state index contributed by atoms with van der Waals surface area (Å²) in [6.07, 6.45) is 3.33. The quantitative estimate of drug-likeness (QED) is 0.720. The second kappa shape index (κ2) is 6.15. The first-order chi connectivity index (χ1) is 8.68. The molecule has 1 atom stereocenters. The standard InChI is InChI=1S/C12H22N4O2/c1-15(10-3-2-5-13-6-4-10)9-11(17)16-8-7-14-12(16)18/h10,13H,2-9H2,1H3,(H,14,18). The summed E-state index contributed by atoms with van der Waals surface area (Å²) < 4.78 is 0. The van der Waals surface area contributed by atoms with Crippen LogP contribution in [0.1, 0.15) is 19.3 Å². The molecule has 3 amide bonds. The van der Waals surface area contributed by atoms with Crippen LogP contribution in [-0.4, -0.2) is 67.6 Å². The maximum absolute atomic E-state index is 12.0. The molecule has 2 saturated heterocycles. The van der Waals surface area contributed by atoms with Crippen LogP contribution in [0.15, 0.2) is 0 Å². The Morgan fingerprint density at radius 1 is 1.39 bits per heavy atom. The molecular weight excluding hydrogens is 232 g/mol. The van der Waals surface area contributed by atoms with Crippen LogP contribution in [0.5, 0.6) is 0 Å². The number of hydrogen-bond acceptors (Lipinski definition) is 4. The van der Waals surface area contributed by atoms with Crippen molar-refractivity contribution in [1.82, 2.24) is 20.4 Å². The highest BCUT2D eigenvalue weighted by atomic mass is 16.2. The van der Waals surface area contributed by atoms with E-state index >= 15 is 0 Å². The molecule has 0 aliphatic carbocycles. The number of urea groups is 1. The summed E-state index contributed by atoms with van der Waals surface area (Å²) in [5.74, 6) is -0.0929. The topological polar surface area (TPSA) is 64.7 Å². The largest absolute Gasteiger partial charge is 0.336 e. The number of nitrogens with zero attached hydrogens (tertiary/aromatic N) is 2. The average Bonchev–Trinajstić information content (AvgIpc) is 2.63. The smallest absolute Gasteiger partial charge is 0.324 e. The van der Waals surface area contributed by atoms with E-state index in [9.17, 15) is 9.59 Å². The highest BCUT2D eigenvalue weighted by Crippen LogP contribution is 2.12. The van der Waals surface area contributed by atoms with Crippen molar-refractivity contribution in [2.45, 2.75) is 25.3 Å². The van der Waals surface area contributed by atoms with Gasteiger partial charge < -0.3 is 10.6 Å². The number of carbonyl (C=O) groups excluding carboxylic acids is 2. The van der Waals surface area contributed by atoms with E-state index in [0.717, 1.165) is 32.4 Å². The molecule has 1 unspecified atom stereocenters. The van der Waals surface area contributed by atoms with Gasteiger partial charge in [-0.25, -0.2) is 4.79 Å². The summed E-state index contributed by atoms with van der Waals surface area (Å²) in [5.41, 5.74) is 0. The highest BCUT2D eigenvalue weighted by Gasteiger charge is 2.28. The van der Waals surface area contributed by atoms with E-state index in [1.807, 2.05) is 7.05 Å². The fraction of sp³-hybridized carbons (Fsp3) is 0.833. The van der Waals surface area contributed by atoms with Crippen molar-refractivity contribution in [3.05, 3.63) is 0 Å². The van der Waals surface area contributed by atoms with Crippen molar-refractivity contribution >= 4 is 11.9 Å². The van der Waals surface area contributed by atoms with Crippen LogP contribution in [0, 0.1) is 0 Å². The van der Waals surface area contributed by atoms with Crippen LogP contribution >= 0.6 is 0 Å². The molecule has 2 aliphatic heterocycles. The predicted molar refractivity (Wildman–Crippen MR) is 68.3 cm³/mol. The zero-order valence-electron chi connectivity index (χ0n) is 10.9. The van der Waals surface area contributed by atoms with E-state index < -0.39 is 0 Å². The summed E-state index contributed by atoms with van der Waals surface area (Å²) in [5, 5.41) is 6.01. The van der Waals surface area contributed by atoms with Crippen LogP contribution in [0.25, 0.3) is 0 Å². The lowest BCUT2D eigenvalue weighted by Gasteiger charge is -2.27. The number of amides is 3. The first kappa shape index (κ1) is 13.3. The van der Waals surface area contributed by atoms with Gasteiger partial charge >= 0.3 is 6.03 Å². The van der Waals surface area contributed by atoms with Crippen LogP contribution in [-0.2, 0) is 4.79 Å². The zero-order chi connectivity index (χ0) is 13.0. The molecule has 2 heterocycles. The number of likely N-dealkylation sites (N-methyl/N-ethyl adjacent to an activating group) is 1. The van der Waals surface area contributed by atoms with Crippen molar-refractivity contribution in [3.8, 4) is 0 Å². The first-order valence-corrected chi connectivity index (χ1v) is 6.67. The van der Waals surface area contributed by atoms with E-state index in [2.05, 4.69) is 15.5 Å². The molecule has 2 N–H and O–H groups in total. The number of nitrogens with one attached hydrogen (secondary N) is 2. The van der Waals surface area contributed by atoms with Crippen LogP contribution in [0.4, 0.5) is 4.79 Å². The third-order valence-corrected chi connectivity index (χ3v) is 3.71. The SMILES string of the molecule is CN(CC(=O)N1CCNC1=O)C1CCCNCC1. The maximum Gasteiger partial charge on any atom is 0.324 e. The summed E-state index contributed by atoms with van der Waals surface area (Å²) in [6.45, 7) is 3.47. The second-order valence-corrected chi connectivity index (χ2v) is 5.03. The Kier molecular flexibility index (Phi) is 4.54. The molecule has 18 heavy (non-hydrogen) atoms. The Labute approximate surface area is 108 Å². The van der Waals surface area contributed by atoms with Gasteiger partial charge in [0.2, 0.25) is 5.91 Å². The van der Waals surface area contributed by atoms with E-state index in [1.54, 1.807) is 0 Å². The normalized spacial score (nSPS) is 25.1. The van der Waals surface area contributed by atoms with Crippen molar-refractivity contribution in [3.63, 3.8) is 0 Å².